The molecule has 0 aromatic heterocycles. The van der Waals surface area contributed by atoms with E-state index in [0.717, 1.165) is 21.2 Å². The normalized spacial score (nSPS) is 10.8. The molecule has 0 atom stereocenters. The highest BCUT2D eigenvalue weighted by atomic mass is 79.9. The summed E-state index contributed by atoms with van der Waals surface area (Å²) in [6, 6.07) is 15.5. The Morgan fingerprint density at radius 3 is 2.50 bits per heavy atom. The Balaban J connectivity index is 2.20. The molecular formula is C16H13BrO. The number of carbonyl (C=O) groups excluding carboxylic acids is 1. The first-order valence-electron chi connectivity index (χ1n) is 5.70. The lowest BCUT2D eigenvalue weighted by molar-refractivity contribution is 0.104. The van der Waals surface area contributed by atoms with Crippen LogP contribution in [0.5, 0.6) is 0 Å². The topological polar surface area (TPSA) is 17.1 Å². The van der Waals surface area contributed by atoms with E-state index in [-0.39, 0.29) is 5.78 Å². The molecule has 0 unspecified atom stereocenters. The van der Waals surface area contributed by atoms with Gasteiger partial charge in [0, 0.05) is 10.0 Å². The van der Waals surface area contributed by atoms with Crippen LogP contribution in [0.25, 0.3) is 6.08 Å². The van der Waals surface area contributed by atoms with Crippen LogP contribution in [0.3, 0.4) is 0 Å². The largest absolute Gasteiger partial charge is 0.289 e. The number of hydrogen-bond donors (Lipinski definition) is 0. The average molecular weight is 301 g/mol. The van der Waals surface area contributed by atoms with Crippen LogP contribution < -0.4 is 0 Å². The van der Waals surface area contributed by atoms with E-state index in [9.17, 15) is 4.79 Å². The second-order valence-electron chi connectivity index (χ2n) is 4.07. The highest BCUT2D eigenvalue weighted by Crippen LogP contribution is 2.17. The fourth-order valence-electron chi connectivity index (χ4n) is 1.73. The van der Waals surface area contributed by atoms with E-state index in [1.54, 1.807) is 6.08 Å². The SMILES string of the molecule is Cc1cc(Br)ccc1C(=O)C=Cc1ccccc1. The van der Waals surface area contributed by atoms with Crippen LogP contribution in [0.4, 0.5) is 0 Å². The molecule has 2 rings (SSSR count). The van der Waals surface area contributed by atoms with Gasteiger partial charge in [-0.2, -0.15) is 0 Å². The second-order valence-corrected chi connectivity index (χ2v) is 4.98. The molecule has 0 aliphatic heterocycles. The van der Waals surface area contributed by atoms with Crippen molar-refractivity contribution in [2.45, 2.75) is 6.92 Å². The molecule has 0 saturated heterocycles. The minimum atomic E-state index is 0.0313. The third kappa shape index (κ3) is 3.17. The first-order chi connectivity index (χ1) is 8.66. The minimum Gasteiger partial charge on any atom is -0.289 e. The van der Waals surface area contributed by atoms with Gasteiger partial charge >= 0.3 is 0 Å². The highest BCUT2D eigenvalue weighted by molar-refractivity contribution is 9.10. The quantitative estimate of drug-likeness (QED) is 0.595. The van der Waals surface area contributed by atoms with E-state index in [4.69, 9.17) is 0 Å². The fourth-order valence-corrected chi connectivity index (χ4v) is 2.20. The van der Waals surface area contributed by atoms with Gasteiger partial charge in [0.05, 0.1) is 0 Å². The fraction of sp³-hybridized carbons (Fsp3) is 0.0625. The summed E-state index contributed by atoms with van der Waals surface area (Å²) < 4.78 is 0.989. The predicted molar refractivity (Wildman–Crippen MR) is 78.7 cm³/mol. The Morgan fingerprint density at radius 1 is 1.11 bits per heavy atom. The van der Waals surface area contributed by atoms with Gasteiger partial charge in [0.25, 0.3) is 0 Å². The van der Waals surface area contributed by atoms with Gasteiger partial charge in [-0.25, -0.2) is 0 Å². The molecule has 2 aromatic rings. The Labute approximate surface area is 115 Å². The van der Waals surface area contributed by atoms with Gasteiger partial charge < -0.3 is 0 Å². The maximum Gasteiger partial charge on any atom is 0.186 e. The van der Waals surface area contributed by atoms with E-state index < -0.39 is 0 Å². The molecule has 2 aromatic carbocycles. The van der Waals surface area contributed by atoms with Crippen LogP contribution in [-0.4, -0.2) is 5.78 Å². The Kier molecular flexibility index (Phi) is 4.11. The van der Waals surface area contributed by atoms with Crippen molar-refractivity contribution >= 4 is 27.8 Å². The minimum absolute atomic E-state index is 0.0313. The van der Waals surface area contributed by atoms with Crippen LogP contribution in [0, 0.1) is 6.92 Å². The maximum absolute atomic E-state index is 12.0. The van der Waals surface area contributed by atoms with E-state index in [0.29, 0.717) is 0 Å². The van der Waals surface area contributed by atoms with Crippen molar-refractivity contribution in [1.29, 1.82) is 0 Å². The smallest absolute Gasteiger partial charge is 0.186 e. The average Bonchev–Trinajstić information content (AvgIpc) is 2.37. The Morgan fingerprint density at radius 2 is 1.83 bits per heavy atom. The van der Waals surface area contributed by atoms with Gasteiger partial charge in [-0.3, -0.25) is 4.79 Å². The number of allylic oxidation sites excluding steroid dienone is 1. The first-order valence-corrected chi connectivity index (χ1v) is 6.50. The third-order valence-corrected chi connectivity index (χ3v) is 3.17. The highest BCUT2D eigenvalue weighted by Gasteiger charge is 2.05. The van der Waals surface area contributed by atoms with Gasteiger partial charge in [0.1, 0.15) is 0 Å². The van der Waals surface area contributed by atoms with Gasteiger partial charge in [-0.1, -0.05) is 52.3 Å². The van der Waals surface area contributed by atoms with Gasteiger partial charge in [-0.15, -0.1) is 0 Å². The zero-order chi connectivity index (χ0) is 13.0. The number of hydrogen-bond acceptors (Lipinski definition) is 1. The maximum atomic E-state index is 12.0. The lowest BCUT2D eigenvalue weighted by Crippen LogP contribution is -1.97. The molecule has 0 bridgehead atoms. The van der Waals surface area contributed by atoms with E-state index in [1.165, 1.54) is 0 Å². The zero-order valence-corrected chi connectivity index (χ0v) is 11.6. The summed E-state index contributed by atoms with van der Waals surface area (Å²) in [5, 5.41) is 0. The van der Waals surface area contributed by atoms with E-state index in [1.807, 2.05) is 61.5 Å². The summed E-state index contributed by atoms with van der Waals surface area (Å²) in [7, 11) is 0. The van der Waals surface area contributed by atoms with Crippen LogP contribution in [-0.2, 0) is 0 Å². The molecule has 0 aliphatic rings. The number of ketones is 1. The van der Waals surface area contributed by atoms with Crippen LogP contribution in [0.1, 0.15) is 21.5 Å². The van der Waals surface area contributed by atoms with Crippen molar-refractivity contribution < 1.29 is 4.79 Å². The number of halogens is 1. The standard InChI is InChI=1S/C16H13BrO/c1-12-11-14(17)8-9-15(12)16(18)10-7-13-5-3-2-4-6-13/h2-11H,1H3. The molecular weight excluding hydrogens is 288 g/mol. The Hall–Kier alpha value is -1.67. The number of rotatable bonds is 3. The molecule has 0 amide bonds. The third-order valence-electron chi connectivity index (χ3n) is 2.68. The van der Waals surface area contributed by atoms with Gasteiger partial charge in [0.2, 0.25) is 0 Å². The molecule has 0 N–H and O–H groups in total. The molecule has 0 aliphatic carbocycles. The monoisotopic (exact) mass is 300 g/mol. The summed E-state index contributed by atoms with van der Waals surface area (Å²) in [6.07, 6.45) is 3.45. The molecule has 0 saturated carbocycles. The first kappa shape index (κ1) is 12.8. The molecule has 1 nitrogen and oxygen atoms in total. The molecule has 0 spiro atoms. The van der Waals surface area contributed by atoms with Crippen molar-refractivity contribution in [2.75, 3.05) is 0 Å². The number of aryl methyl sites for hydroxylation is 1. The number of carbonyl (C=O) groups is 1. The zero-order valence-electron chi connectivity index (χ0n) is 10.1. The van der Waals surface area contributed by atoms with Crippen LogP contribution in [0.15, 0.2) is 59.1 Å². The lowest BCUT2D eigenvalue weighted by atomic mass is 10.0. The lowest BCUT2D eigenvalue weighted by Gasteiger charge is -2.02. The molecule has 90 valence electrons. The van der Waals surface area contributed by atoms with E-state index >= 15 is 0 Å². The van der Waals surface area contributed by atoms with Crippen molar-refractivity contribution in [2.24, 2.45) is 0 Å². The van der Waals surface area contributed by atoms with Crippen molar-refractivity contribution in [3.63, 3.8) is 0 Å². The van der Waals surface area contributed by atoms with Gasteiger partial charge in [-0.05, 0) is 42.3 Å². The summed E-state index contributed by atoms with van der Waals surface area (Å²) in [5.74, 6) is 0.0313. The summed E-state index contributed by atoms with van der Waals surface area (Å²) >= 11 is 3.39. The molecule has 0 heterocycles. The molecule has 0 fully saturated rings. The van der Waals surface area contributed by atoms with E-state index in [2.05, 4.69) is 15.9 Å². The van der Waals surface area contributed by atoms with Crippen molar-refractivity contribution in [1.82, 2.24) is 0 Å². The summed E-state index contributed by atoms with van der Waals surface area (Å²) in [5.41, 5.74) is 2.75. The predicted octanol–water partition coefficient (Wildman–Crippen LogP) is 4.65. The van der Waals surface area contributed by atoms with Crippen molar-refractivity contribution in [3.05, 3.63) is 75.8 Å². The Bertz CT molecular complexity index is 585. The second kappa shape index (κ2) is 5.78. The van der Waals surface area contributed by atoms with Crippen LogP contribution in [0.2, 0.25) is 0 Å². The number of benzene rings is 2. The van der Waals surface area contributed by atoms with Crippen LogP contribution >= 0.6 is 15.9 Å². The summed E-state index contributed by atoms with van der Waals surface area (Å²) in [4.78, 5) is 12.0. The van der Waals surface area contributed by atoms with Crippen molar-refractivity contribution in [3.8, 4) is 0 Å². The molecule has 0 radical (unpaired) electrons. The molecule has 2 heteroatoms. The summed E-state index contributed by atoms with van der Waals surface area (Å²) in [6.45, 7) is 1.94. The molecule has 18 heavy (non-hydrogen) atoms. The van der Waals surface area contributed by atoms with Gasteiger partial charge in [0.15, 0.2) is 5.78 Å².